The summed E-state index contributed by atoms with van der Waals surface area (Å²) in [5.74, 6) is -0.271. The van der Waals surface area contributed by atoms with Crippen molar-refractivity contribution in [1.82, 2.24) is 0 Å². The van der Waals surface area contributed by atoms with Crippen LogP contribution < -0.4 is 0 Å². The fourth-order valence-corrected chi connectivity index (χ4v) is 10.3. The molecule has 0 aromatic carbocycles. The molecule has 0 heterocycles. The van der Waals surface area contributed by atoms with E-state index < -0.39 is 16.4 Å². The van der Waals surface area contributed by atoms with Crippen LogP contribution in [0.5, 0.6) is 0 Å². The van der Waals surface area contributed by atoms with Crippen molar-refractivity contribution in [3.8, 4) is 0 Å². The highest BCUT2D eigenvalue weighted by Crippen LogP contribution is 2.34. The molecule has 0 fully saturated rings. The molecule has 3 nitrogen and oxygen atoms in total. The van der Waals surface area contributed by atoms with Crippen LogP contribution in [0.25, 0.3) is 0 Å². The smallest absolute Gasteiger partial charge is 0.333 e. The lowest BCUT2D eigenvalue weighted by Gasteiger charge is -2.46. The van der Waals surface area contributed by atoms with Crippen molar-refractivity contribution in [2.45, 2.75) is 142 Å². The zero-order valence-electron chi connectivity index (χ0n) is 21.8. The fraction of sp³-hybridized carbons (Fsp3) is 0.880. The lowest BCUT2D eigenvalue weighted by atomic mass is 10.1. The molecule has 0 radical (unpaired) electrons. The van der Waals surface area contributed by atoms with Gasteiger partial charge in [0.05, 0.1) is 8.07 Å². The summed E-state index contributed by atoms with van der Waals surface area (Å²) in [5, 5.41) is -0.133. The van der Waals surface area contributed by atoms with E-state index in [1.54, 1.807) is 6.92 Å². The molecule has 0 aliphatic carbocycles. The summed E-state index contributed by atoms with van der Waals surface area (Å²) in [5.41, 5.74) is 0.355. The van der Waals surface area contributed by atoms with E-state index in [2.05, 4.69) is 60.5 Å². The van der Waals surface area contributed by atoms with E-state index in [4.69, 9.17) is 9.16 Å². The standard InChI is InChI=1S/C25H52O3Si2/c1-11-13-15-16-17-18-19-20-23(27-24(26)22(3)4)30(9,10)28-25(5,6)29(7,8)21-14-12-2/h23H,3,11-21H2,1-2,4-10H3. The minimum absolute atomic E-state index is 0.118. The second-order valence-corrected chi connectivity index (χ2v) is 20.3. The Morgan fingerprint density at radius 3 is 1.90 bits per heavy atom. The highest BCUT2D eigenvalue weighted by Gasteiger charge is 2.47. The highest BCUT2D eigenvalue weighted by atomic mass is 28.4. The van der Waals surface area contributed by atoms with E-state index in [0.29, 0.717) is 5.57 Å². The third-order valence-corrected chi connectivity index (χ3v) is 14.9. The molecule has 0 bridgehead atoms. The van der Waals surface area contributed by atoms with Gasteiger partial charge in [-0.15, -0.1) is 0 Å². The highest BCUT2D eigenvalue weighted by molar-refractivity contribution is 6.82. The quantitative estimate of drug-likeness (QED) is 0.0957. The van der Waals surface area contributed by atoms with Crippen LogP contribution in [-0.4, -0.2) is 33.3 Å². The van der Waals surface area contributed by atoms with E-state index in [1.165, 1.54) is 57.4 Å². The molecule has 0 aromatic rings. The molecular weight excluding hydrogens is 404 g/mol. The van der Waals surface area contributed by atoms with Crippen molar-refractivity contribution < 1.29 is 14.0 Å². The lowest BCUT2D eigenvalue weighted by Crippen LogP contribution is -2.60. The Hall–Kier alpha value is -0.396. The van der Waals surface area contributed by atoms with E-state index in [9.17, 15) is 4.79 Å². The summed E-state index contributed by atoms with van der Waals surface area (Å²) in [4.78, 5) is 12.4. The van der Waals surface area contributed by atoms with Gasteiger partial charge >= 0.3 is 5.97 Å². The normalized spacial score (nSPS) is 13.9. The first-order chi connectivity index (χ1) is 13.8. The molecule has 0 N–H and O–H groups in total. The average Bonchev–Trinajstić information content (AvgIpc) is 2.63. The van der Waals surface area contributed by atoms with Gasteiger partial charge in [-0.1, -0.05) is 90.9 Å². The molecule has 5 heteroatoms. The van der Waals surface area contributed by atoms with Crippen LogP contribution in [0, 0.1) is 0 Å². The second-order valence-electron chi connectivity index (χ2n) is 10.8. The first-order valence-corrected chi connectivity index (χ1v) is 18.6. The van der Waals surface area contributed by atoms with Gasteiger partial charge in [0.2, 0.25) is 8.32 Å². The lowest BCUT2D eigenvalue weighted by molar-refractivity contribution is -0.142. The number of unbranched alkanes of at least 4 members (excludes halogenated alkanes) is 7. The van der Waals surface area contributed by atoms with Gasteiger partial charge in [-0.3, -0.25) is 0 Å². The van der Waals surface area contributed by atoms with Crippen molar-refractivity contribution in [2.75, 3.05) is 0 Å². The number of hydrogen-bond donors (Lipinski definition) is 0. The predicted molar refractivity (Wildman–Crippen MR) is 137 cm³/mol. The summed E-state index contributed by atoms with van der Waals surface area (Å²) >= 11 is 0. The molecule has 0 rings (SSSR count). The van der Waals surface area contributed by atoms with Gasteiger partial charge in [-0.25, -0.2) is 4.79 Å². The molecule has 0 aliphatic heterocycles. The molecule has 0 amide bonds. The third-order valence-electron chi connectivity index (χ3n) is 6.75. The Balaban J connectivity index is 5.14. The monoisotopic (exact) mass is 456 g/mol. The Kier molecular flexibility index (Phi) is 13.7. The molecule has 1 atom stereocenters. The van der Waals surface area contributed by atoms with Crippen molar-refractivity contribution in [2.24, 2.45) is 0 Å². The fourth-order valence-electron chi connectivity index (χ4n) is 3.85. The SMILES string of the molecule is C=C(C)C(=O)OC(CCCCCCCCC)[Si](C)(C)OC(C)(C)[Si](C)(C)CCCC. The second kappa shape index (κ2) is 13.9. The van der Waals surface area contributed by atoms with Crippen LogP contribution in [0.3, 0.4) is 0 Å². The number of ether oxygens (including phenoxy) is 1. The minimum atomic E-state index is -2.26. The van der Waals surface area contributed by atoms with Gasteiger partial charge in [0.15, 0.2) is 0 Å². The third kappa shape index (κ3) is 10.8. The summed E-state index contributed by atoms with van der Waals surface area (Å²) in [6, 6.07) is 1.27. The molecule has 0 saturated heterocycles. The molecule has 0 aromatic heterocycles. The minimum Gasteiger partial charge on any atom is -0.460 e. The van der Waals surface area contributed by atoms with Gasteiger partial charge in [0.1, 0.15) is 5.73 Å². The van der Waals surface area contributed by atoms with Crippen LogP contribution in [0.2, 0.25) is 32.2 Å². The van der Waals surface area contributed by atoms with Gasteiger partial charge < -0.3 is 9.16 Å². The van der Waals surface area contributed by atoms with Crippen molar-refractivity contribution >= 4 is 22.4 Å². The Bertz CT molecular complexity index is 513. The van der Waals surface area contributed by atoms with E-state index in [-0.39, 0.29) is 16.9 Å². The Labute approximate surface area is 190 Å². The molecule has 0 spiro atoms. The number of esters is 1. The Morgan fingerprint density at radius 2 is 1.40 bits per heavy atom. The number of carbonyl (C=O) groups excluding carboxylic acids is 1. The largest absolute Gasteiger partial charge is 0.460 e. The van der Waals surface area contributed by atoms with E-state index >= 15 is 0 Å². The number of carbonyl (C=O) groups is 1. The number of rotatable bonds is 17. The van der Waals surface area contributed by atoms with Crippen LogP contribution >= 0.6 is 0 Å². The maximum atomic E-state index is 12.4. The topological polar surface area (TPSA) is 35.5 Å². The van der Waals surface area contributed by atoms with Gasteiger partial charge in [0.25, 0.3) is 0 Å². The molecule has 0 aliphatic rings. The molecule has 0 saturated carbocycles. The van der Waals surface area contributed by atoms with Gasteiger partial charge in [0, 0.05) is 10.8 Å². The molecule has 1 unspecified atom stereocenters. The predicted octanol–water partition coefficient (Wildman–Crippen LogP) is 8.20. The van der Waals surface area contributed by atoms with E-state index in [0.717, 1.165) is 12.8 Å². The van der Waals surface area contributed by atoms with Gasteiger partial charge in [-0.2, -0.15) is 0 Å². The molecular formula is C25H52O3Si2. The maximum Gasteiger partial charge on any atom is 0.333 e. The van der Waals surface area contributed by atoms with Crippen LogP contribution in [0.15, 0.2) is 12.2 Å². The van der Waals surface area contributed by atoms with Crippen molar-refractivity contribution in [1.29, 1.82) is 0 Å². The summed E-state index contributed by atoms with van der Waals surface area (Å²) < 4.78 is 12.9. The number of hydrogen-bond acceptors (Lipinski definition) is 3. The van der Waals surface area contributed by atoms with E-state index in [1.807, 2.05) is 0 Å². The molecule has 30 heavy (non-hydrogen) atoms. The van der Waals surface area contributed by atoms with Crippen molar-refractivity contribution in [3.63, 3.8) is 0 Å². The zero-order chi connectivity index (χ0) is 23.4. The van der Waals surface area contributed by atoms with Crippen LogP contribution in [0.1, 0.15) is 98.8 Å². The summed E-state index contributed by atoms with van der Waals surface area (Å²) in [6.45, 7) is 23.9. The summed E-state index contributed by atoms with van der Waals surface area (Å²) in [6.07, 6.45) is 12.2. The average molecular weight is 457 g/mol. The first-order valence-electron chi connectivity index (χ1n) is 12.4. The van der Waals surface area contributed by atoms with Crippen molar-refractivity contribution in [3.05, 3.63) is 12.2 Å². The Morgan fingerprint density at radius 1 is 0.900 bits per heavy atom. The van der Waals surface area contributed by atoms with Gasteiger partial charge in [-0.05, 0) is 46.7 Å². The van der Waals surface area contributed by atoms with Crippen LogP contribution in [0.4, 0.5) is 0 Å². The molecule has 178 valence electrons. The van der Waals surface area contributed by atoms with Crippen LogP contribution in [-0.2, 0) is 14.0 Å². The zero-order valence-corrected chi connectivity index (χ0v) is 23.8. The first kappa shape index (κ1) is 29.6. The summed E-state index contributed by atoms with van der Waals surface area (Å²) in [7, 11) is -3.83. The maximum absolute atomic E-state index is 12.4.